The van der Waals surface area contributed by atoms with Gasteiger partial charge < -0.3 is 10.2 Å². The van der Waals surface area contributed by atoms with Crippen LogP contribution in [0.5, 0.6) is 0 Å². The Labute approximate surface area is 49.3 Å². The van der Waals surface area contributed by atoms with Crippen molar-refractivity contribution in [3.05, 3.63) is 0 Å². The summed E-state index contributed by atoms with van der Waals surface area (Å²) in [6, 6.07) is 0. The minimum Gasteiger partial charge on any atom is -0.353 e. The summed E-state index contributed by atoms with van der Waals surface area (Å²) in [7, 11) is 0. The molecule has 0 amide bonds. The van der Waals surface area contributed by atoms with Crippen molar-refractivity contribution in [2.75, 3.05) is 6.54 Å². The monoisotopic (exact) mass is 119 g/mol. The smallest absolute Gasteiger partial charge is 0.222 e. The fourth-order valence-corrected chi connectivity index (χ4v) is 0.408. The van der Waals surface area contributed by atoms with Crippen LogP contribution in [0.25, 0.3) is 0 Å². The molecule has 3 N–H and O–H groups in total. The quantitative estimate of drug-likeness (QED) is 0.445. The van der Waals surface area contributed by atoms with Gasteiger partial charge in [0.05, 0.1) is 0 Å². The maximum atomic E-state index is 8.77. The Bertz CT molecular complexity index is 63.4. The minimum atomic E-state index is -1.66. The van der Waals surface area contributed by atoms with Crippen LogP contribution in [0.3, 0.4) is 0 Å². The Morgan fingerprint density at radius 3 is 2.00 bits per heavy atom. The van der Waals surface area contributed by atoms with E-state index in [4.69, 9.17) is 10.2 Å². The zero-order valence-electron chi connectivity index (χ0n) is 5.31. The number of aliphatic hydroxyl groups is 2. The first-order chi connectivity index (χ1) is 3.62. The molecular weight excluding hydrogens is 106 g/mol. The second-order valence-corrected chi connectivity index (χ2v) is 1.70. The lowest BCUT2D eigenvalue weighted by Crippen LogP contribution is -2.44. The molecule has 0 aromatic carbocycles. The molecule has 0 aromatic rings. The average Bonchev–Trinajstić information content (AvgIpc) is 1.67. The van der Waals surface area contributed by atoms with Crippen LogP contribution in [0.4, 0.5) is 0 Å². The van der Waals surface area contributed by atoms with Gasteiger partial charge in [-0.1, -0.05) is 13.8 Å². The summed E-state index contributed by atoms with van der Waals surface area (Å²) in [4.78, 5) is 0. The molecule has 50 valence electrons. The molecule has 8 heavy (non-hydrogen) atoms. The Kier molecular flexibility index (Phi) is 2.97. The van der Waals surface area contributed by atoms with E-state index in [0.717, 1.165) is 0 Å². The summed E-state index contributed by atoms with van der Waals surface area (Å²) in [5.74, 6) is -1.66. The van der Waals surface area contributed by atoms with Gasteiger partial charge in [0.1, 0.15) is 0 Å². The van der Waals surface area contributed by atoms with Crippen molar-refractivity contribution < 1.29 is 10.2 Å². The van der Waals surface area contributed by atoms with E-state index in [0.29, 0.717) is 13.0 Å². The molecule has 0 atom stereocenters. The predicted octanol–water partition coefficient (Wildman–Crippen LogP) is -0.356. The third-order valence-electron chi connectivity index (χ3n) is 0.953. The number of nitrogens with one attached hydrogen (secondary N) is 1. The van der Waals surface area contributed by atoms with Gasteiger partial charge in [-0.25, -0.2) is 0 Å². The van der Waals surface area contributed by atoms with E-state index in [1.165, 1.54) is 0 Å². The summed E-state index contributed by atoms with van der Waals surface area (Å²) in [5, 5.41) is 20.0. The average molecular weight is 119 g/mol. The molecule has 0 aliphatic rings. The largest absolute Gasteiger partial charge is 0.353 e. The lowest BCUT2D eigenvalue weighted by Gasteiger charge is -2.19. The number of hydrogen-bond acceptors (Lipinski definition) is 3. The molecule has 0 saturated carbocycles. The van der Waals surface area contributed by atoms with Crippen LogP contribution in [0, 0.1) is 0 Å². The van der Waals surface area contributed by atoms with Gasteiger partial charge >= 0.3 is 0 Å². The highest BCUT2D eigenvalue weighted by Gasteiger charge is 2.16. The Morgan fingerprint density at radius 2 is 1.88 bits per heavy atom. The van der Waals surface area contributed by atoms with E-state index < -0.39 is 5.91 Å². The van der Waals surface area contributed by atoms with Crippen molar-refractivity contribution in [2.24, 2.45) is 0 Å². The molecule has 0 saturated heterocycles. The lowest BCUT2D eigenvalue weighted by molar-refractivity contribution is -0.185. The van der Waals surface area contributed by atoms with Crippen LogP contribution >= 0.6 is 0 Å². The van der Waals surface area contributed by atoms with E-state index in [1.54, 1.807) is 6.92 Å². The maximum absolute atomic E-state index is 8.77. The van der Waals surface area contributed by atoms with Gasteiger partial charge in [0.25, 0.3) is 0 Å². The van der Waals surface area contributed by atoms with Crippen molar-refractivity contribution in [1.29, 1.82) is 0 Å². The van der Waals surface area contributed by atoms with Crippen LogP contribution in [0.2, 0.25) is 0 Å². The van der Waals surface area contributed by atoms with Gasteiger partial charge in [-0.3, -0.25) is 5.32 Å². The first-order valence-electron chi connectivity index (χ1n) is 2.82. The lowest BCUT2D eigenvalue weighted by atomic mass is 10.3. The molecule has 0 fully saturated rings. The van der Waals surface area contributed by atoms with Gasteiger partial charge in [0, 0.05) is 6.42 Å². The highest BCUT2D eigenvalue weighted by molar-refractivity contribution is 4.54. The van der Waals surface area contributed by atoms with Crippen molar-refractivity contribution in [3.8, 4) is 0 Å². The summed E-state index contributed by atoms with van der Waals surface area (Å²) in [5.41, 5.74) is 0. The normalized spacial score (nSPS) is 12.0. The molecule has 0 aliphatic heterocycles. The Hall–Kier alpha value is -0.120. The van der Waals surface area contributed by atoms with Crippen LogP contribution < -0.4 is 5.32 Å². The maximum Gasteiger partial charge on any atom is 0.222 e. The molecule has 0 aromatic heterocycles. The van der Waals surface area contributed by atoms with E-state index >= 15 is 0 Å². The fourth-order valence-electron chi connectivity index (χ4n) is 0.408. The molecule has 3 nitrogen and oxygen atoms in total. The van der Waals surface area contributed by atoms with Gasteiger partial charge in [0.2, 0.25) is 5.91 Å². The first kappa shape index (κ1) is 7.88. The standard InChI is InChI=1S/C5H13NO2/c1-3-5(7,8)6-4-2/h6-8H,3-4H2,1-2H3. The molecule has 0 rings (SSSR count). The highest BCUT2D eigenvalue weighted by Crippen LogP contribution is 1.96. The van der Waals surface area contributed by atoms with Gasteiger partial charge in [-0.15, -0.1) is 0 Å². The third-order valence-corrected chi connectivity index (χ3v) is 0.953. The molecule has 3 heteroatoms. The second kappa shape index (κ2) is 3.02. The van der Waals surface area contributed by atoms with E-state index in [9.17, 15) is 0 Å². The fraction of sp³-hybridized carbons (Fsp3) is 1.00. The molecule has 0 spiro atoms. The van der Waals surface area contributed by atoms with Crippen molar-refractivity contribution in [3.63, 3.8) is 0 Å². The minimum absolute atomic E-state index is 0.306. The Balaban J connectivity index is 3.37. The van der Waals surface area contributed by atoms with Gasteiger partial charge in [-0.05, 0) is 6.54 Å². The van der Waals surface area contributed by atoms with Crippen molar-refractivity contribution >= 4 is 0 Å². The third kappa shape index (κ3) is 2.96. The zero-order chi connectivity index (χ0) is 6.62. The van der Waals surface area contributed by atoms with Crippen LogP contribution in [-0.2, 0) is 0 Å². The number of rotatable bonds is 3. The van der Waals surface area contributed by atoms with Crippen molar-refractivity contribution in [2.45, 2.75) is 26.2 Å². The Morgan fingerprint density at radius 1 is 1.38 bits per heavy atom. The molecule has 0 unspecified atom stereocenters. The highest BCUT2D eigenvalue weighted by atomic mass is 16.5. The van der Waals surface area contributed by atoms with Crippen LogP contribution in [-0.4, -0.2) is 22.7 Å². The summed E-state index contributed by atoms with van der Waals surface area (Å²) < 4.78 is 0. The topological polar surface area (TPSA) is 52.5 Å². The first-order valence-corrected chi connectivity index (χ1v) is 2.82. The SMILES string of the molecule is CCNC(O)(O)CC. The molecule has 0 heterocycles. The van der Waals surface area contributed by atoms with Crippen molar-refractivity contribution in [1.82, 2.24) is 5.32 Å². The van der Waals surface area contributed by atoms with E-state index in [-0.39, 0.29) is 0 Å². The summed E-state index contributed by atoms with van der Waals surface area (Å²) in [6.07, 6.45) is 0.306. The number of hydrogen-bond donors (Lipinski definition) is 3. The van der Waals surface area contributed by atoms with E-state index in [1.807, 2.05) is 6.92 Å². The van der Waals surface area contributed by atoms with Gasteiger partial charge in [0.15, 0.2) is 0 Å². The summed E-state index contributed by atoms with van der Waals surface area (Å²) in [6.45, 7) is 4.08. The molecule has 0 aliphatic carbocycles. The zero-order valence-corrected chi connectivity index (χ0v) is 5.31. The predicted molar refractivity (Wildman–Crippen MR) is 31.1 cm³/mol. The molecule has 0 bridgehead atoms. The second-order valence-electron chi connectivity index (χ2n) is 1.70. The van der Waals surface area contributed by atoms with Gasteiger partial charge in [-0.2, -0.15) is 0 Å². The molecular formula is C5H13NO2. The van der Waals surface area contributed by atoms with E-state index in [2.05, 4.69) is 5.32 Å². The summed E-state index contributed by atoms with van der Waals surface area (Å²) >= 11 is 0. The van der Waals surface area contributed by atoms with Crippen LogP contribution in [0.15, 0.2) is 0 Å². The molecule has 0 radical (unpaired) electrons. The van der Waals surface area contributed by atoms with Crippen LogP contribution in [0.1, 0.15) is 20.3 Å².